The van der Waals surface area contributed by atoms with Crippen molar-refractivity contribution >= 4 is 50.8 Å². The molecule has 14 heteroatoms. The lowest BCUT2D eigenvalue weighted by atomic mass is 10.2. The molecule has 2 aromatic carbocycles. The van der Waals surface area contributed by atoms with Crippen molar-refractivity contribution in [1.82, 2.24) is 5.32 Å². The Balaban J connectivity index is 1.66. The smallest absolute Gasteiger partial charge is 0.339 e. The Labute approximate surface area is 191 Å². The maximum atomic E-state index is 12.4. The molecule has 12 nitrogen and oxygen atoms in total. The average Bonchev–Trinajstić information content (AvgIpc) is 3.07. The van der Waals surface area contributed by atoms with Gasteiger partial charge in [0.1, 0.15) is 10.6 Å². The van der Waals surface area contributed by atoms with Crippen molar-refractivity contribution < 1.29 is 32.2 Å². The highest BCUT2D eigenvalue weighted by Crippen LogP contribution is 2.25. The molecule has 0 aromatic heterocycles. The maximum Gasteiger partial charge on any atom is 0.339 e. The van der Waals surface area contributed by atoms with Crippen LogP contribution in [0.25, 0.3) is 0 Å². The molecular formula is C19H15N4O8S2-. The molecule has 0 spiro atoms. The molecule has 0 aliphatic carbocycles. The average molecular weight is 491 g/mol. The van der Waals surface area contributed by atoms with E-state index in [1.807, 2.05) is 0 Å². The number of rotatable bonds is 8. The van der Waals surface area contributed by atoms with Crippen molar-refractivity contribution in [2.24, 2.45) is 10.2 Å². The van der Waals surface area contributed by atoms with E-state index in [2.05, 4.69) is 15.5 Å². The summed E-state index contributed by atoms with van der Waals surface area (Å²) >= 11 is 0.918. The van der Waals surface area contributed by atoms with Crippen molar-refractivity contribution in [3.63, 3.8) is 0 Å². The third-order valence-electron chi connectivity index (χ3n) is 4.24. The van der Waals surface area contributed by atoms with Gasteiger partial charge in [0, 0.05) is 24.0 Å². The summed E-state index contributed by atoms with van der Waals surface area (Å²) in [5, 5.41) is 31.0. The van der Waals surface area contributed by atoms with Crippen LogP contribution in [0, 0.1) is 17.0 Å². The van der Waals surface area contributed by atoms with E-state index in [0.29, 0.717) is 11.1 Å². The minimum absolute atomic E-state index is 0.0228. The molecule has 1 aliphatic heterocycles. The van der Waals surface area contributed by atoms with E-state index < -0.39 is 38.6 Å². The van der Waals surface area contributed by atoms with Gasteiger partial charge in [0.05, 0.1) is 16.4 Å². The lowest BCUT2D eigenvalue weighted by Crippen LogP contribution is -2.31. The first-order valence-electron chi connectivity index (χ1n) is 9.13. The standard InChI is InChI=1S/C19H16N4O8S2/c1-11-2-7-14(8-15(11)23(27)28)33(29,30)31-13-5-3-12(4-6-13)10-20-22-19-21-18(26)16(32-19)9-17(24)25/h2-8,10,16H,9H2,1H3,(H,24,25)(H,21,22,26)/p-1/b20-10-/t16-/m0/s1. The summed E-state index contributed by atoms with van der Waals surface area (Å²) in [6, 6.07) is 9.17. The van der Waals surface area contributed by atoms with E-state index in [-0.39, 0.29) is 21.5 Å². The molecule has 1 fully saturated rings. The predicted molar refractivity (Wildman–Crippen MR) is 116 cm³/mol. The Bertz CT molecular complexity index is 1270. The van der Waals surface area contributed by atoms with E-state index in [0.717, 1.165) is 17.8 Å². The number of carbonyl (C=O) groups excluding carboxylic acids is 2. The van der Waals surface area contributed by atoms with Crippen LogP contribution in [0.5, 0.6) is 5.75 Å². The number of nitro groups is 1. The molecule has 1 aliphatic rings. The molecule has 0 unspecified atom stereocenters. The SMILES string of the molecule is Cc1ccc(S(=O)(=O)Oc2ccc(/C=N\N=C3/NC(=O)[C@H](CC(=O)[O-])S3)cc2)cc1[N+](=O)[O-]. The number of hydrogen-bond donors (Lipinski definition) is 1. The first-order chi connectivity index (χ1) is 15.5. The number of aliphatic carboxylic acids is 1. The number of nitrogens with one attached hydrogen (secondary N) is 1. The number of carboxylic acid groups (broad SMARTS) is 1. The third kappa shape index (κ3) is 6.14. The Hall–Kier alpha value is -3.78. The topological polar surface area (TPSA) is 180 Å². The molecule has 1 atom stereocenters. The molecule has 172 valence electrons. The fraction of sp³-hybridized carbons (Fsp3) is 0.158. The summed E-state index contributed by atoms with van der Waals surface area (Å²) in [5.74, 6) is -1.87. The van der Waals surface area contributed by atoms with Crippen LogP contribution in [0.4, 0.5) is 5.69 Å². The second-order valence-corrected chi connectivity index (χ2v) is 9.37. The number of nitrogens with zero attached hydrogens (tertiary/aromatic N) is 3. The molecule has 1 heterocycles. The number of nitro benzene ring substituents is 1. The van der Waals surface area contributed by atoms with E-state index in [4.69, 9.17) is 4.18 Å². The Morgan fingerprint density at radius 2 is 1.97 bits per heavy atom. The summed E-state index contributed by atoms with van der Waals surface area (Å²) in [6.07, 6.45) is 0.882. The van der Waals surface area contributed by atoms with Crippen LogP contribution >= 0.6 is 11.8 Å². The van der Waals surface area contributed by atoms with Crippen LogP contribution in [0.3, 0.4) is 0 Å². The van der Waals surface area contributed by atoms with Gasteiger partial charge in [-0.3, -0.25) is 14.9 Å². The fourth-order valence-corrected chi connectivity index (χ4v) is 4.47. The summed E-state index contributed by atoms with van der Waals surface area (Å²) in [7, 11) is -4.30. The van der Waals surface area contributed by atoms with Gasteiger partial charge in [0.15, 0.2) is 5.17 Å². The highest BCUT2D eigenvalue weighted by atomic mass is 32.2. The Morgan fingerprint density at radius 3 is 2.61 bits per heavy atom. The normalized spacial score (nSPS) is 17.3. The van der Waals surface area contributed by atoms with Crippen LogP contribution in [-0.2, 0) is 19.7 Å². The summed E-state index contributed by atoms with van der Waals surface area (Å²) in [6.45, 7) is 1.49. The Morgan fingerprint density at radius 1 is 1.27 bits per heavy atom. The van der Waals surface area contributed by atoms with Gasteiger partial charge in [0.25, 0.3) is 5.69 Å². The number of hydrogen-bond acceptors (Lipinski definition) is 11. The van der Waals surface area contributed by atoms with Gasteiger partial charge in [-0.15, -0.1) is 5.10 Å². The predicted octanol–water partition coefficient (Wildman–Crippen LogP) is 0.732. The molecule has 2 aromatic rings. The van der Waals surface area contributed by atoms with Gasteiger partial charge >= 0.3 is 10.1 Å². The van der Waals surface area contributed by atoms with E-state index in [1.54, 1.807) is 0 Å². The van der Waals surface area contributed by atoms with Crippen LogP contribution < -0.4 is 14.6 Å². The first-order valence-corrected chi connectivity index (χ1v) is 11.4. The number of benzene rings is 2. The zero-order valence-corrected chi connectivity index (χ0v) is 18.5. The minimum Gasteiger partial charge on any atom is -0.550 e. The van der Waals surface area contributed by atoms with Gasteiger partial charge in [-0.25, -0.2) is 0 Å². The van der Waals surface area contributed by atoms with Crippen molar-refractivity contribution in [1.29, 1.82) is 0 Å². The largest absolute Gasteiger partial charge is 0.550 e. The van der Waals surface area contributed by atoms with Gasteiger partial charge in [-0.2, -0.15) is 13.5 Å². The lowest BCUT2D eigenvalue weighted by Gasteiger charge is -2.08. The number of carboxylic acids is 1. The third-order valence-corrected chi connectivity index (χ3v) is 6.55. The molecule has 3 rings (SSSR count). The molecule has 0 radical (unpaired) electrons. The summed E-state index contributed by atoms with van der Waals surface area (Å²) in [4.78, 5) is 32.2. The quantitative estimate of drug-likeness (QED) is 0.241. The second kappa shape index (κ2) is 9.79. The van der Waals surface area contributed by atoms with Crippen LogP contribution in [0.2, 0.25) is 0 Å². The number of carbonyl (C=O) groups is 2. The van der Waals surface area contributed by atoms with Crippen molar-refractivity contribution in [3.05, 3.63) is 63.7 Å². The molecule has 0 saturated carbocycles. The number of amidine groups is 1. The van der Waals surface area contributed by atoms with Gasteiger partial charge in [-0.1, -0.05) is 17.8 Å². The van der Waals surface area contributed by atoms with E-state index in [9.17, 15) is 33.2 Å². The minimum atomic E-state index is -4.30. The van der Waals surface area contributed by atoms with Gasteiger partial charge < -0.3 is 19.4 Å². The van der Waals surface area contributed by atoms with Crippen molar-refractivity contribution in [2.45, 2.75) is 23.5 Å². The van der Waals surface area contributed by atoms with Crippen LogP contribution in [0.15, 0.2) is 57.6 Å². The molecule has 1 amide bonds. The van der Waals surface area contributed by atoms with Gasteiger partial charge in [-0.05, 0) is 42.8 Å². The van der Waals surface area contributed by atoms with E-state index >= 15 is 0 Å². The maximum absolute atomic E-state index is 12.4. The van der Waals surface area contributed by atoms with Crippen LogP contribution in [-0.4, -0.2) is 41.8 Å². The zero-order chi connectivity index (χ0) is 24.2. The number of amides is 1. The molecule has 33 heavy (non-hydrogen) atoms. The first kappa shape index (κ1) is 23.9. The summed E-state index contributed by atoms with van der Waals surface area (Å²) < 4.78 is 29.9. The lowest BCUT2D eigenvalue weighted by molar-refractivity contribution is -0.385. The highest BCUT2D eigenvalue weighted by Gasteiger charge is 2.30. The second-order valence-electron chi connectivity index (χ2n) is 6.63. The van der Waals surface area contributed by atoms with Crippen molar-refractivity contribution in [3.8, 4) is 5.75 Å². The zero-order valence-electron chi connectivity index (χ0n) is 16.8. The Kier molecular flexibility index (Phi) is 7.08. The molecular weight excluding hydrogens is 476 g/mol. The van der Waals surface area contributed by atoms with E-state index in [1.165, 1.54) is 49.5 Å². The molecule has 1 N–H and O–H groups in total. The number of aryl methyl sites for hydroxylation is 1. The summed E-state index contributed by atoms with van der Waals surface area (Å²) in [5.41, 5.74) is 0.502. The van der Waals surface area contributed by atoms with Crippen LogP contribution in [0.1, 0.15) is 17.5 Å². The molecule has 1 saturated heterocycles. The van der Waals surface area contributed by atoms with Gasteiger partial charge in [0.2, 0.25) is 5.91 Å². The van der Waals surface area contributed by atoms with Crippen molar-refractivity contribution in [2.75, 3.05) is 0 Å². The monoisotopic (exact) mass is 491 g/mol. The highest BCUT2D eigenvalue weighted by molar-refractivity contribution is 8.15. The molecule has 0 bridgehead atoms. The number of thioether (sulfide) groups is 1. The fourth-order valence-electron chi connectivity index (χ4n) is 2.61.